The van der Waals surface area contributed by atoms with E-state index in [0.717, 1.165) is 5.69 Å². The Morgan fingerprint density at radius 3 is 2.79 bits per heavy atom. The molecular formula is C10H8N3O. The highest BCUT2D eigenvalue weighted by atomic mass is 16.1. The second-order valence-corrected chi connectivity index (χ2v) is 2.73. The third-order valence-corrected chi connectivity index (χ3v) is 1.73. The van der Waals surface area contributed by atoms with Gasteiger partial charge in [0, 0.05) is 11.9 Å². The summed E-state index contributed by atoms with van der Waals surface area (Å²) in [5, 5.41) is 8.82. The van der Waals surface area contributed by atoms with Crippen LogP contribution < -0.4 is 5.32 Å². The molecule has 4 heteroatoms. The summed E-state index contributed by atoms with van der Waals surface area (Å²) in [4.78, 5) is 11.5. The van der Waals surface area contributed by atoms with Crippen LogP contribution in [0.5, 0.6) is 0 Å². The molecular weight excluding hydrogens is 178 g/mol. The van der Waals surface area contributed by atoms with Gasteiger partial charge in [0.25, 0.3) is 5.91 Å². The first-order valence-corrected chi connectivity index (χ1v) is 4.14. The Morgan fingerprint density at radius 1 is 1.36 bits per heavy atom. The van der Waals surface area contributed by atoms with Crippen LogP contribution in [-0.4, -0.2) is 16.1 Å². The van der Waals surface area contributed by atoms with Crippen molar-refractivity contribution in [1.82, 2.24) is 10.2 Å². The molecule has 0 unspecified atom stereocenters. The molecule has 1 aromatic carbocycles. The van der Waals surface area contributed by atoms with Gasteiger partial charge in [0.05, 0.1) is 5.56 Å². The third-order valence-electron chi connectivity index (χ3n) is 1.73. The molecule has 1 heterocycles. The third kappa shape index (κ3) is 1.80. The normalized spacial score (nSPS) is 9.71. The summed E-state index contributed by atoms with van der Waals surface area (Å²) in [6.07, 6.45) is 4.04. The van der Waals surface area contributed by atoms with E-state index >= 15 is 0 Å². The SMILES string of the molecule is O=C(Nc1ccccc1)c1[c]n[nH]c1. The van der Waals surface area contributed by atoms with Gasteiger partial charge in [-0.2, -0.15) is 5.10 Å². The second kappa shape index (κ2) is 3.74. The highest BCUT2D eigenvalue weighted by molar-refractivity contribution is 6.03. The lowest BCUT2D eigenvalue weighted by Gasteiger charge is -2.01. The lowest BCUT2D eigenvalue weighted by Crippen LogP contribution is -2.10. The van der Waals surface area contributed by atoms with E-state index in [1.165, 1.54) is 6.20 Å². The van der Waals surface area contributed by atoms with Gasteiger partial charge in [-0.05, 0) is 12.1 Å². The molecule has 1 aromatic heterocycles. The van der Waals surface area contributed by atoms with Crippen molar-refractivity contribution in [2.45, 2.75) is 0 Å². The molecule has 14 heavy (non-hydrogen) atoms. The molecule has 0 aliphatic heterocycles. The molecule has 0 fully saturated rings. The Morgan fingerprint density at radius 2 is 2.14 bits per heavy atom. The summed E-state index contributed by atoms with van der Waals surface area (Å²) >= 11 is 0. The van der Waals surface area contributed by atoms with Crippen LogP contribution in [0.15, 0.2) is 36.5 Å². The molecule has 2 rings (SSSR count). The number of para-hydroxylation sites is 1. The van der Waals surface area contributed by atoms with Crippen LogP contribution in [0.2, 0.25) is 0 Å². The van der Waals surface area contributed by atoms with Gasteiger partial charge in [0.1, 0.15) is 6.20 Å². The second-order valence-electron chi connectivity index (χ2n) is 2.73. The van der Waals surface area contributed by atoms with Crippen LogP contribution in [0, 0.1) is 6.20 Å². The zero-order valence-electron chi connectivity index (χ0n) is 7.32. The molecule has 4 nitrogen and oxygen atoms in total. The molecule has 0 aliphatic rings. The van der Waals surface area contributed by atoms with Crippen LogP contribution in [0.3, 0.4) is 0 Å². The highest BCUT2D eigenvalue weighted by Crippen LogP contribution is 2.06. The summed E-state index contributed by atoms with van der Waals surface area (Å²) in [5.41, 5.74) is 1.15. The number of nitrogens with one attached hydrogen (secondary N) is 2. The van der Waals surface area contributed by atoms with Crippen LogP contribution in [-0.2, 0) is 0 Å². The summed E-state index contributed by atoms with van der Waals surface area (Å²) in [5.74, 6) is -0.218. The van der Waals surface area contributed by atoms with Gasteiger partial charge in [0.2, 0.25) is 0 Å². The van der Waals surface area contributed by atoms with E-state index in [-0.39, 0.29) is 5.91 Å². The quantitative estimate of drug-likeness (QED) is 0.746. The maximum atomic E-state index is 11.5. The molecule has 0 saturated carbocycles. The van der Waals surface area contributed by atoms with Crippen molar-refractivity contribution in [3.8, 4) is 0 Å². The minimum atomic E-state index is -0.218. The number of aromatic amines is 1. The van der Waals surface area contributed by atoms with E-state index in [9.17, 15) is 4.79 Å². The first-order valence-electron chi connectivity index (χ1n) is 4.14. The van der Waals surface area contributed by atoms with E-state index in [2.05, 4.69) is 21.7 Å². The Bertz CT molecular complexity index is 408. The molecule has 0 aliphatic carbocycles. The summed E-state index contributed by atoms with van der Waals surface area (Å²) in [6, 6.07) is 9.24. The topological polar surface area (TPSA) is 57.8 Å². The molecule has 2 N–H and O–H groups in total. The monoisotopic (exact) mass is 186 g/mol. The first kappa shape index (κ1) is 8.50. The lowest BCUT2D eigenvalue weighted by atomic mass is 10.3. The number of benzene rings is 1. The van der Waals surface area contributed by atoms with Gasteiger partial charge in [-0.1, -0.05) is 18.2 Å². The Labute approximate surface area is 81.0 Å². The van der Waals surface area contributed by atoms with Crippen molar-refractivity contribution < 1.29 is 4.79 Å². The summed E-state index contributed by atoms with van der Waals surface area (Å²) < 4.78 is 0. The van der Waals surface area contributed by atoms with E-state index in [1.54, 1.807) is 0 Å². The molecule has 1 amide bonds. The maximum Gasteiger partial charge on any atom is 0.259 e. The molecule has 0 atom stereocenters. The van der Waals surface area contributed by atoms with E-state index in [0.29, 0.717) is 5.56 Å². The summed E-state index contributed by atoms with van der Waals surface area (Å²) in [6.45, 7) is 0. The van der Waals surface area contributed by atoms with Crippen LogP contribution in [0.4, 0.5) is 5.69 Å². The molecule has 2 aromatic rings. The van der Waals surface area contributed by atoms with Crippen molar-refractivity contribution in [1.29, 1.82) is 0 Å². The highest BCUT2D eigenvalue weighted by Gasteiger charge is 2.06. The molecule has 0 spiro atoms. The van der Waals surface area contributed by atoms with Gasteiger partial charge < -0.3 is 5.32 Å². The zero-order valence-corrected chi connectivity index (χ0v) is 7.32. The minimum absolute atomic E-state index is 0.218. The van der Waals surface area contributed by atoms with Crippen molar-refractivity contribution in [3.05, 3.63) is 48.3 Å². The van der Waals surface area contributed by atoms with Crippen molar-refractivity contribution >= 4 is 11.6 Å². The average Bonchev–Trinajstić information content (AvgIpc) is 2.72. The molecule has 0 saturated heterocycles. The van der Waals surface area contributed by atoms with Crippen LogP contribution in [0.25, 0.3) is 0 Å². The minimum Gasteiger partial charge on any atom is -0.322 e. The van der Waals surface area contributed by atoms with Crippen LogP contribution in [0.1, 0.15) is 10.4 Å². The first-order chi connectivity index (χ1) is 6.86. The lowest BCUT2D eigenvalue weighted by molar-refractivity contribution is 0.102. The van der Waals surface area contributed by atoms with Crippen LogP contribution >= 0.6 is 0 Å². The fourth-order valence-electron chi connectivity index (χ4n) is 1.06. The van der Waals surface area contributed by atoms with Crippen molar-refractivity contribution in [2.24, 2.45) is 0 Å². The number of amides is 1. The number of aromatic nitrogens is 2. The number of hydrogen-bond acceptors (Lipinski definition) is 2. The zero-order chi connectivity index (χ0) is 9.80. The number of carbonyl (C=O) groups is 1. The molecule has 69 valence electrons. The van der Waals surface area contributed by atoms with Crippen molar-refractivity contribution in [3.63, 3.8) is 0 Å². The smallest absolute Gasteiger partial charge is 0.259 e. The number of rotatable bonds is 2. The van der Waals surface area contributed by atoms with Gasteiger partial charge in [-0.3, -0.25) is 9.89 Å². The van der Waals surface area contributed by atoms with Gasteiger partial charge in [-0.15, -0.1) is 0 Å². The van der Waals surface area contributed by atoms with Crippen molar-refractivity contribution in [2.75, 3.05) is 5.32 Å². The number of nitrogens with zero attached hydrogens (tertiary/aromatic N) is 1. The van der Waals surface area contributed by atoms with Gasteiger partial charge >= 0.3 is 0 Å². The number of H-pyrrole nitrogens is 1. The fourth-order valence-corrected chi connectivity index (χ4v) is 1.06. The van der Waals surface area contributed by atoms with E-state index < -0.39 is 0 Å². The Hall–Kier alpha value is -2.10. The van der Waals surface area contributed by atoms with E-state index in [1.807, 2.05) is 30.3 Å². The predicted molar refractivity (Wildman–Crippen MR) is 51.8 cm³/mol. The Balaban J connectivity index is 2.10. The Kier molecular flexibility index (Phi) is 2.27. The van der Waals surface area contributed by atoms with E-state index in [4.69, 9.17) is 0 Å². The van der Waals surface area contributed by atoms with Gasteiger partial charge in [-0.25, -0.2) is 0 Å². The largest absolute Gasteiger partial charge is 0.322 e. The average molecular weight is 186 g/mol. The standard InChI is InChI=1S/C10H8N3O/c14-10(8-6-11-12-7-8)13-9-4-2-1-3-5-9/h1-6H,(H,11,12)(H,13,14). The van der Waals surface area contributed by atoms with Gasteiger partial charge in [0.15, 0.2) is 0 Å². The number of carbonyl (C=O) groups excluding carboxylic acids is 1. The molecule has 1 radical (unpaired) electrons. The maximum absolute atomic E-state index is 11.5. The summed E-state index contributed by atoms with van der Waals surface area (Å²) in [7, 11) is 0. The fraction of sp³-hybridized carbons (Fsp3) is 0. The number of anilines is 1. The predicted octanol–water partition coefficient (Wildman–Crippen LogP) is 1.46. The number of hydrogen-bond donors (Lipinski definition) is 2. The molecule has 0 bridgehead atoms.